The molecule has 0 saturated heterocycles. The number of primary amides is 1. The summed E-state index contributed by atoms with van der Waals surface area (Å²) in [6.07, 6.45) is 3.98. The number of unbranched alkanes of at least 4 members (excludes halogenated alkanes) is 1. The van der Waals surface area contributed by atoms with Crippen molar-refractivity contribution in [1.82, 2.24) is 0 Å². The Morgan fingerprint density at radius 3 is 2.24 bits per heavy atom. The van der Waals surface area contributed by atoms with Gasteiger partial charge in [0.05, 0.1) is 33.3 Å². The maximum Gasteiger partial charge on any atom is 0.319 e. The number of hydrogen-bond acceptors (Lipinski definition) is 3. The third-order valence-electron chi connectivity index (χ3n) is 6.30. The van der Waals surface area contributed by atoms with Gasteiger partial charge in [-0.2, -0.15) is 0 Å². The summed E-state index contributed by atoms with van der Waals surface area (Å²) in [6, 6.07) is 17.1. The van der Waals surface area contributed by atoms with Gasteiger partial charge in [0.15, 0.2) is 0 Å². The van der Waals surface area contributed by atoms with Crippen LogP contribution in [0, 0.1) is 0 Å². The van der Waals surface area contributed by atoms with Gasteiger partial charge in [-0.1, -0.05) is 41.9 Å². The number of rotatable bonds is 14. The Morgan fingerprint density at radius 2 is 1.64 bits per heavy atom. The van der Waals surface area contributed by atoms with E-state index in [1.807, 2.05) is 42.5 Å². The van der Waals surface area contributed by atoms with Crippen molar-refractivity contribution in [3.05, 3.63) is 65.2 Å². The number of carbonyl (C=O) groups excluding carboxylic acids is 2. The van der Waals surface area contributed by atoms with E-state index in [9.17, 15) is 9.59 Å². The summed E-state index contributed by atoms with van der Waals surface area (Å²) in [7, 11) is 1.43. The number of halogens is 1. The lowest BCUT2D eigenvalue weighted by Gasteiger charge is -2.39. The van der Waals surface area contributed by atoms with Crippen LogP contribution in [0.2, 0.25) is 5.02 Å². The number of esters is 1. The number of urea groups is 1. The molecule has 2 N–H and O–H groups in total. The molecule has 0 spiro atoms. The van der Waals surface area contributed by atoms with Crippen molar-refractivity contribution in [3.63, 3.8) is 0 Å². The zero-order valence-corrected chi connectivity index (χ0v) is 20.6. The smallest absolute Gasteiger partial charge is 0.319 e. The molecule has 2 aromatic rings. The molecule has 0 aliphatic rings. The molecule has 6 nitrogen and oxygen atoms in total. The lowest BCUT2D eigenvalue weighted by Crippen LogP contribution is -2.51. The number of nitrogens with two attached hydrogens (primary N) is 1. The minimum absolute atomic E-state index is 0.161. The first-order valence-electron chi connectivity index (χ1n) is 11.7. The average Bonchev–Trinajstić information content (AvgIpc) is 2.83. The summed E-state index contributed by atoms with van der Waals surface area (Å²) in [5, 5.41) is 0.741. The number of nitrogens with zero attached hydrogens (tertiary/aromatic N) is 2. The molecular weight excluding hydrogens is 438 g/mol. The van der Waals surface area contributed by atoms with Gasteiger partial charge in [0.25, 0.3) is 0 Å². The number of para-hydroxylation sites is 1. The van der Waals surface area contributed by atoms with Crippen LogP contribution in [-0.4, -0.2) is 56.3 Å². The molecule has 2 amide bonds. The Morgan fingerprint density at radius 1 is 0.970 bits per heavy atom. The quantitative estimate of drug-likeness (QED) is 0.237. The number of quaternary nitrogens is 1. The van der Waals surface area contributed by atoms with Crippen LogP contribution in [-0.2, 0) is 16.0 Å². The van der Waals surface area contributed by atoms with Crippen molar-refractivity contribution in [1.29, 1.82) is 0 Å². The maximum atomic E-state index is 12.1. The molecule has 0 radical (unpaired) electrons. The molecule has 0 fully saturated rings. The van der Waals surface area contributed by atoms with Crippen molar-refractivity contribution in [3.8, 4) is 0 Å². The van der Waals surface area contributed by atoms with Gasteiger partial charge in [-0.25, -0.2) is 4.79 Å². The van der Waals surface area contributed by atoms with Gasteiger partial charge < -0.3 is 15.0 Å². The van der Waals surface area contributed by atoms with E-state index in [0.29, 0.717) is 13.0 Å². The van der Waals surface area contributed by atoms with Crippen LogP contribution in [0.3, 0.4) is 0 Å². The van der Waals surface area contributed by atoms with E-state index >= 15 is 0 Å². The van der Waals surface area contributed by atoms with Crippen molar-refractivity contribution < 1.29 is 18.8 Å². The highest BCUT2D eigenvalue weighted by Crippen LogP contribution is 2.18. The molecule has 1 atom stereocenters. The van der Waals surface area contributed by atoms with Crippen LogP contribution in [0.15, 0.2) is 54.6 Å². The molecule has 1 unspecified atom stereocenters. The van der Waals surface area contributed by atoms with Crippen molar-refractivity contribution in [2.75, 3.05) is 44.7 Å². The van der Waals surface area contributed by atoms with Gasteiger partial charge >= 0.3 is 12.0 Å². The summed E-state index contributed by atoms with van der Waals surface area (Å²) in [5.41, 5.74) is 7.74. The van der Waals surface area contributed by atoms with Gasteiger partial charge in [0, 0.05) is 36.5 Å². The number of amides is 2. The number of methoxy groups -OCH3 is 1. The summed E-state index contributed by atoms with van der Waals surface area (Å²) >= 11 is 6.04. The number of benzene rings is 2. The largest absolute Gasteiger partial charge is 0.469 e. The lowest BCUT2D eigenvalue weighted by molar-refractivity contribution is -0.926. The SMILES string of the molecule is CC[N+](CCCCC(=O)OC)(CCCN(C(N)=O)c1ccccc1)CCc1ccc(Cl)cc1. The monoisotopic (exact) mass is 474 g/mol. The van der Waals surface area contributed by atoms with E-state index in [1.54, 1.807) is 4.90 Å². The van der Waals surface area contributed by atoms with Crippen molar-refractivity contribution >= 4 is 29.3 Å². The molecule has 2 aromatic carbocycles. The van der Waals surface area contributed by atoms with Crippen LogP contribution in [0.4, 0.5) is 10.5 Å². The van der Waals surface area contributed by atoms with Crippen molar-refractivity contribution in [2.45, 2.75) is 39.0 Å². The third-order valence-corrected chi connectivity index (χ3v) is 6.55. The number of anilines is 1. The van der Waals surface area contributed by atoms with Crippen LogP contribution >= 0.6 is 11.6 Å². The topological polar surface area (TPSA) is 72.6 Å². The summed E-state index contributed by atoms with van der Waals surface area (Å²) in [5.74, 6) is -0.161. The average molecular weight is 475 g/mol. The Labute approximate surface area is 202 Å². The highest BCUT2D eigenvalue weighted by molar-refractivity contribution is 6.30. The van der Waals surface area contributed by atoms with Crippen LogP contribution in [0.1, 0.15) is 38.2 Å². The van der Waals surface area contributed by atoms with Gasteiger partial charge in [-0.05, 0) is 49.6 Å². The van der Waals surface area contributed by atoms with E-state index in [2.05, 4.69) is 19.1 Å². The highest BCUT2D eigenvalue weighted by atomic mass is 35.5. The first-order valence-corrected chi connectivity index (χ1v) is 12.1. The summed E-state index contributed by atoms with van der Waals surface area (Å²) in [6.45, 7) is 6.65. The molecule has 33 heavy (non-hydrogen) atoms. The molecular formula is C26H37ClN3O3+. The maximum absolute atomic E-state index is 12.1. The van der Waals surface area contributed by atoms with E-state index in [4.69, 9.17) is 22.1 Å². The second kappa shape index (κ2) is 13.9. The van der Waals surface area contributed by atoms with Crippen molar-refractivity contribution in [2.24, 2.45) is 5.73 Å². The predicted molar refractivity (Wildman–Crippen MR) is 134 cm³/mol. The van der Waals surface area contributed by atoms with E-state index in [1.165, 1.54) is 12.7 Å². The van der Waals surface area contributed by atoms with E-state index in [-0.39, 0.29) is 5.97 Å². The van der Waals surface area contributed by atoms with E-state index in [0.717, 1.165) is 67.1 Å². The number of ether oxygens (including phenoxy) is 1. The van der Waals surface area contributed by atoms with Gasteiger partial charge in [0.1, 0.15) is 0 Å². The lowest BCUT2D eigenvalue weighted by atomic mass is 10.1. The Bertz CT molecular complexity index is 861. The fraction of sp³-hybridized carbons (Fsp3) is 0.462. The standard InChI is InChI=1S/C26H36ClN3O3/c1-3-30(19-8-7-12-25(31)33-2,21-17-22-13-15-23(27)16-14-22)20-9-18-29(26(28)32)24-10-5-4-6-11-24/h4-6,10-11,13-16H,3,7-9,12,17-21H2,1-2H3,(H-,28,32)/p+1. The Kier molecular flexibility index (Phi) is 11.2. The summed E-state index contributed by atoms with van der Waals surface area (Å²) in [4.78, 5) is 25.2. The first-order chi connectivity index (χ1) is 15.9. The second-order valence-electron chi connectivity index (χ2n) is 8.42. The number of likely N-dealkylation sites (N-methyl/N-ethyl adjacent to an activating group) is 1. The second-order valence-corrected chi connectivity index (χ2v) is 8.85. The van der Waals surface area contributed by atoms with Crippen LogP contribution in [0.5, 0.6) is 0 Å². The Balaban J connectivity index is 2.04. The molecule has 0 aliphatic carbocycles. The minimum Gasteiger partial charge on any atom is -0.469 e. The van der Waals surface area contributed by atoms with Gasteiger partial charge in [-0.3, -0.25) is 9.69 Å². The molecule has 7 heteroatoms. The molecule has 180 valence electrons. The predicted octanol–water partition coefficient (Wildman–Crippen LogP) is 5.04. The first kappa shape index (κ1) is 26.7. The summed E-state index contributed by atoms with van der Waals surface area (Å²) < 4.78 is 5.70. The minimum atomic E-state index is -0.435. The van der Waals surface area contributed by atoms with Crippen LogP contribution < -0.4 is 10.6 Å². The number of carbonyl (C=O) groups is 2. The fourth-order valence-electron chi connectivity index (χ4n) is 4.18. The Hall–Kier alpha value is -2.57. The molecule has 0 heterocycles. The molecule has 0 bridgehead atoms. The molecule has 0 aliphatic heterocycles. The fourth-order valence-corrected chi connectivity index (χ4v) is 4.31. The van der Waals surface area contributed by atoms with Gasteiger partial charge in [-0.15, -0.1) is 0 Å². The van der Waals surface area contributed by atoms with Crippen LogP contribution in [0.25, 0.3) is 0 Å². The highest BCUT2D eigenvalue weighted by Gasteiger charge is 2.25. The molecule has 0 aromatic heterocycles. The molecule has 2 rings (SSSR count). The van der Waals surface area contributed by atoms with Gasteiger partial charge in [0.2, 0.25) is 0 Å². The normalized spacial score (nSPS) is 12.7. The zero-order chi connectivity index (χ0) is 24.1. The van der Waals surface area contributed by atoms with E-state index < -0.39 is 6.03 Å². The molecule has 0 saturated carbocycles. The third kappa shape index (κ3) is 9.06. The number of hydrogen-bond donors (Lipinski definition) is 1. The zero-order valence-electron chi connectivity index (χ0n) is 19.8.